The fourth-order valence-corrected chi connectivity index (χ4v) is 3.91. The molecule has 1 aromatic carbocycles. The minimum Gasteiger partial charge on any atom is -0.337 e. The number of amides is 2. The molecule has 0 aromatic heterocycles. The zero-order valence-electron chi connectivity index (χ0n) is 16.8. The van der Waals surface area contributed by atoms with Gasteiger partial charge in [-0.1, -0.05) is 19.9 Å². The molecule has 2 amide bonds. The van der Waals surface area contributed by atoms with E-state index in [1.807, 2.05) is 24.8 Å². The summed E-state index contributed by atoms with van der Waals surface area (Å²) in [4.78, 5) is 30.0. The Morgan fingerprint density at radius 3 is 2.38 bits per heavy atom. The first kappa shape index (κ1) is 18.9. The van der Waals surface area contributed by atoms with Gasteiger partial charge in [-0.3, -0.25) is 9.59 Å². The van der Waals surface area contributed by atoms with Crippen molar-refractivity contribution < 1.29 is 9.59 Å². The van der Waals surface area contributed by atoms with Crippen molar-refractivity contribution in [1.29, 1.82) is 0 Å². The van der Waals surface area contributed by atoms with Crippen LogP contribution in [0.4, 0.5) is 0 Å². The molecule has 1 atom stereocenters. The van der Waals surface area contributed by atoms with Gasteiger partial charge in [0.05, 0.1) is 6.04 Å². The van der Waals surface area contributed by atoms with Crippen LogP contribution in [0.5, 0.6) is 0 Å². The molecule has 1 aliphatic heterocycles. The third-order valence-electron chi connectivity index (χ3n) is 6.00. The average Bonchev–Trinajstić information content (AvgIpc) is 3.40. The Bertz CT molecular complexity index is 706. The molecule has 1 saturated carbocycles. The first-order valence-corrected chi connectivity index (χ1v) is 9.94. The van der Waals surface area contributed by atoms with Crippen LogP contribution >= 0.6 is 0 Å². The van der Waals surface area contributed by atoms with E-state index in [1.54, 1.807) is 0 Å². The molecule has 0 radical (unpaired) electrons. The van der Waals surface area contributed by atoms with Gasteiger partial charge >= 0.3 is 0 Å². The Morgan fingerprint density at radius 2 is 1.77 bits per heavy atom. The van der Waals surface area contributed by atoms with Crippen molar-refractivity contribution in [1.82, 2.24) is 9.80 Å². The fourth-order valence-electron chi connectivity index (χ4n) is 3.91. The normalized spacial score (nSPS) is 21.3. The Morgan fingerprint density at radius 1 is 1.12 bits per heavy atom. The van der Waals surface area contributed by atoms with Crippen LogP contribution in [0.15, 0.2) is 12.1 Å². The Balaban J connectivity index is 1.84. The van der Waals surface area contributed by atoms with Crippen molar-refractivity contribution >= 4 is 11.8 Å². The third kappa shape index (κ3) is 3.94. The molecule has 1 aromatic rings. The predicted octanol–water partition coefficient (Wildman–Crippen LogP) is 3.72. The number of carbonyl (C=O) groups excluding carboxylic acids is 2. The number of carbonyl (C=O) groups is 2. The van der Waals surface area contributed by atoms with Crippen molar-refractivity contribution in [2.75, 3.05) is 19.6 Å². The quantitative estimate of drug-likeness (QED) is 0.825. The lowest BCUT2D eigenvalue weighted by atomic mass is 9.98. The molecule has 3 rings (SSSR count). The second-order valence-electron chi connectivity index (χ2n) is 8.55. The number of hydrogen-bond acceptors (Lipinski definition) is 2. The maximum atomic E-state index is 13.2. The lowest BCUT2D eigenvalue weighted by Crippen LogP contribution is -2.48. The average molecular weight is 357 g/mol. The molecule has 2 aliphatic rings. The molecule has 4 nitrogen and oxygen atoms in total. The molecule has 0 N–H and O–H groups in total. The fraction of sp³-hybridized carbons (Fsp3) is 0.636. The zero-order valence-corrected chi connectivity index (χ0v) is 16.8. The van der Waals surface area contributed by atoms with Crippen LogP contribution in [-0.4, -0.2) is 47.3 Å². The lowest BCUT2D eigenvalue weighted by molar-refractivity contribution is -0.133. The predicted molar refractivity (Wildman–Crippen MR) is 104 cm³/mol. The van der Waals surface area contributed by atoms with Gasteiger partial charge in [0.2, 0.25) is 5.91 Å². The SMILES string of the molecule is Cc1cc(C)c(C(=O)N2CCC(=O)N(CC3CC3)[C@H](C(C)C)C2)cc1C. The summed E-state index contributed by atoms with van der Waals surface area (Å²) >= 11 is 0. The van der Waals surface area contributed by atoms with E-state index in [0.29, 0.717) is 31.3 Å². The van der Waals surface area contributed by atoms with Gasteiger partial charge in [0.1, 0.15) is 0 Å². The second kappa shape index (κ2) is 7.42. The van der Waals surface area contributed by atoms with Gasteiger partial charge in [0, 0.05) is 31.6 Å². The van der Waals surface area contributed by atoms with Crippen molar-refractivity contribution in [2.45, 2.75) is 59.9 Å². The molecule has 1 saturated heterocycles. The molecule has 2 fully saturated rings. The van der Waals surface area contributed by atoms with Crippen LogP contribution in [-0.2, 0) is 4.79 Å². The number of rotatable bonds is 4. The lowest BCUT2D eigenvalue weighted by Gasteiger charge is -2.35. The number of hydrogen-bond donors (Lipinski definition) is 0. The molecule has 0 unspecified atom stereocenters. The van der Waals surface area contributed by atoms with Crippen LogP contribution in [0.25, 0.3) is 0 Å². The molecular weight excluding hydrogens is 324 g/mol. The van der Waals surface area contributed by atoms with Gasteiger partial charge in [-0.05, 0) is 68.2 Å². The van der Waals surface area contributed by atoms with Crippen LogP contribution in [0.1, 0.15) is 60.2 Å². The van der Waals surface area contributed by atoms with Crippen LogP contribution in [0.3, 0.4) is 0 Å². The van der Waals surface area contributed by atoms with E-state index in [4.69, 9.17) is 0 Å². The first-order chi connectivity index (χ1) is 12.3. The number of aryl methyl sites for hydroxylation is 3. The molecular formula is C22H32N2O2. The Kier molecular flexibility index (Phi) is 5.40. The largest absolute Gasteiger partial charge is 0.337 e. The molecule has 1 aliphatic carbocycles. The van der Waals surface area contributed by atoms with Gasteiger partial charge < -0.3 is 9.80 Å². The smallest absolute Gasteiger partial charge is 0.254 e. The van der Waals surface area contributed by atoms with Crippen molar-refractivity contribution in [3.05, 3.63) is 34.4 Å². The summed E-state index contributed by atoms with van der Waals surface area (Å²) in [7, 11) is 0. The third-order valence-corrected chi connectivity index (χ3v) is 6.00. The van der Waals surface area contributed by atoms with E-state index in [-0.39, 0.29) is 17.9 Å². The van der Waals surface area contributed by atoms with Gasteiger partial charge in [-0.25, -0.2) is 0 Å². The van der Waals surface area contributed by atoms with Gasteiger partial charge in [-0.15, -0.1) is 0 Å². The summed E-state index contributed by atoms with van der Waals surface area (Å²) in [6, 6.07) is 4.21. The highest BCUT2D eigenvalue weighted by Gasteiger charge is 2.36. The van der Waals surface area contributed by atoms with Crippen LogP contribution in [0.2, 0.25) is 0 Å². The summed E-state index contributed by atoms with van der Waals surface area (Å²) in [5.41, 5.74) is 4.14. The highest BCUT2D eigenvalue weighted by Crippen LogP contribution is 2.32. The van der Waals surface area contributed by atoms with E-state index < -0.39 is 0 Å². The highest BCUT2D eigenvalue weighted by molar-refractivity contribution is 5.96. The minimum absolute atomic E-state index is 0.0670. The highest BCUT2D eigenvalue weighted by atomic mass is 16.2. The number of benzene rings is 1. The van der Waals surface area contributed by atoms with Gasteiger partial charge in [-0.2, -0.15) is 0 Å². The van der Waals surface area contributed by atoms with Crippen LogP contribution < -0.4 is 0 Å². The maximum Gasteiger partial charge on any atom is 0.254 e. The first-order valence-electron chi connectivity index (χ1n) is 9.94. The van der Waals surface area contributed by atoms with E-state index in [1.165, 1.54) is 18.4 Å². The Hall–Kier alpha value is -1.84. The summed E-state index contributed by atoms with van der Waals surface area (Å²) < 4.78 is 0. The molecule has 0 bridgehead atoms. The van der Waals surface area contributed by atoms with E-state index in [9.17, 15) is 9.59 Å². The minimum atomic E-state index is 0.0670. The number of nitrogens with zero attached hydrogens (tertiary/aromatic N) is 2. The molecule has 4 heteroatoms. The van der Waals surface area contributed by atoms with E-state index >= 15 is 0 Å². The molecule has 26 heavy (non-hydrogen) atoms. The van der Waals surface area contributed by atoms with Crippen molar-refractivity contribution in [3.63, 3.8) is 0 Å². The summed E-state index contributed by atoms with van der Waals surface area (Å²) in [5, 5.41) is 0. The summed E-state index contributed by atoms with van der Waals surface area (Å²) in [5.74, 6) is 1.29. The van der Waals surface area contributed by atoms with Crippen molar-refractivity contribution in [3.8, 4) is 0 Å². The maximum absolute atomic E-state index is 13.2. The zero-order chi connectivity index (χ0) is 19.0. The van der Waals surface area contributed by atoms with Gasteiger partial charge in [0.25, 0.3) is 5.91 Å². The standard InChI is InChI=1S/C22H32N2O2/c1-14(2)20-13-23(9-8-21(25)24(20)12-18-6-7-18)22(26)19-11-16(4)15(3)10-17(19)5/h10-11,14,18,20H,6-9,12-13H2,1-5H3/t20-/m0/s1. The van der Waals surface area contributed by atoms with Crippen molar-refractivity contribution in [2.24, 2.45) is 11.8 Å². The molecule has 142 valence electrons. The van der Waals surface area contributed by atoms with Crippen LogP contribution in [0, 0.1) is 32.6 Å². The molecule has 0 spiro atoms. The summed E-state index contributed by atoms with van der Waals surface area (Å²) in [6.45, 7) is 12.5. The topological polar surface area (TPSA) is 40.6 Å². The Labute approximate surface area is 157 Å². The van der Waals surface area contributed by atoms with E-state index in [0.717, 1.165) is 23.2 Å². The second-order valence-corrected chi connectivity index (χ2v) is 8.55. The summed E-state index contributed by atoms with van der Waals surface area (Å²) in [6.07, 6.45) is 2.91. The monoisotopic (exact) mass is 356 g/mol. The van der Waals surface area contributed by atoms with Gasteiger partial charge in [0.15, 0.2) is 0 Å². The molecule has 1 heterocycles. The van der Waals surface area contributed by atoms with E-state index in [2.05, 4.69) is 31.7 Å².